The van der Waals surface area contributed by atoms with E-state index in [1.807, 2.05) is 30.3 Å². The fourth-order valence-corrected chi connectivity index (χ4v) is 1.95. The van der Waals surface area contributed by atoms with E-state index < -0.39 is 0 Å². The molecule has 0 saturated carbocycles. The summed E-state index contributed by atoms with van der Waals surface area (Å²) in [5.74, 6) is 6.71. The maximum Gasteiger partial charge on any atom is 0.166 e. The van der Waals surface area contributed by atoms with Crippen molar-refractivity contribution in [3.05, 3.63) is 60.2 Å². The van der Waals surface area contributed by atoms with Gasteiger partial charge in [-0.1, -0.05) is 30.0 Å². The Balaban J connectivity index is 2.04. The number of rotatable bonds is 4. The van der Waals surface area contributed by atoms with Gasteiger partial charge in [-0.15, -0.1) is 3.89 Å². The van der Waals surface area contributed by atoms with Crippen LogP contribution in [0.4, 0.5) is 9.57 Å². The number of anilines is 1. The molecule has 0 amide bonds. The van der Waals surface area contributed by atoms with Gasteiger partial charge in [0, 0.05) is 5.56 Å². The van der Waals surface area contributed by atoms with Crippen LogP contribution >= 0.6 is 12.3 Å². The normalized spacial score (nSPS) is 9.50. The van der Waals surface area contributed by atoms with Gasteiger partial charge in [-0.3, -0.25) is 4.31 Å². The number of hydrogen-bond acceptors (Lipinski definition) is 3. The molecule has 102 valence electrons. The van der Waals surface area contributed by atoms with Crippen LogP contribution in [-0.2, 0) is 0 Å². The lowest BCUT2D eigenvalue weighted by molar-refractivity contribution is 0.415. The highest BCUT2D eigenvalue weighted by Crippen LogP contribution is 2.24. The molecule has 0 aliphatic heterocycles. The summed E-state index contributed by atoms with van der Waals surface area (Å²) in [5, 5.41) is 0. The molecule has 0 atom stereocenters. The van der Waals surface area contributed by atoms with Gasteiger partial charge in [0.1, 0.15) is 5.75 Å². The van der Waals surface area contributed by atoms with Crippen LogP contribution in [0, 0.1) is 11.8 Å². The van der Waals surface area contributed by atoms with Gasteiger partial charge in [-0.2, -0.15) is 0 Å². The van der Waals surface area contributed by atoms with Gasteiger partial charge < -0.3 is 4.74 Å². The fraction of sp³-hybridized carbons (Fsp3) is 0.125. The first kappa shape index (κ1) is 14.3. The van der Waals surface area contributed by atoms with Crippen molar-refractivity contribution in [3.63, 3.8) is 0 Å². The van der Waals surface area contributed by atoms with Gasteiger partial charge in [-0.05, 0) is 36.4 Å². The summed E-state index contributed by atoms with van der Waals surface area (Å²) in [5.41, 5.74) is 1.67. The number of benzene rings is 2. The minimum absolute atomic E-state index is 0.162. The first-order chi connectivity index (χ1) is 9.83. The molecule has 0 radical (unpaired) electrons. The van der Waals surface area contributed by atoms with Gasteiger partial charge in [0.15, 0.2) is 12.3 Å². The van der Waals surface area contributed by atoms with Crippen LogP contribution < -0.4 is 9.04 Å². The maximum atomic E-state index is 13.0. The third kappa shape index (κ3) is 3.94. The van der Waals surface area contributed by atoms with Crippen molar-refractivity contribution in [2.75, 3.05) is 18.0 Å². The second kappa shape index (κ2) is 7.46. The van der Waals surface area contributed by atoms with E-state index in [2.05, 4.69) is 11.8 Å². The minimum Gasteiger partial charge on any atom is -0.497 e. The molecule has 0 bridgehead atoms. The second-order valence-corrected chi connectivity index (χ2v) is 4.55. The largest absolute Gasteiger partial charge is 0.497 e. The SMILES string of the molecule is COc1ccc(N(CC#Cc2ccccc2)SF)cc1. The lowest BCUT2D eigenvalue weighted by Gasteiger charge is -2.15. The van der Waals surface area contributed by atoms with Gasteiger partial charge >= 0.3 is 0 Å². The Morgan fingerprint density at radius 3 is 2.40 bits per heavy atom. The molecule has 2 aromatic rings. The number of methoxy groups -OCH3 is 1. The zero-order valence-electron chi connectivity index (χ0n) is 11.0. The third-order valence-electron chi connectivity index (χ3n) is 2.67. The lowest BCUT2D eigenvalue weighted by atomic mass is 10.2. The number of hydrogen-bond donors (Lipinski definition) is 0. The van der Waals surface area contributed by atoms with Crippen LogP contribution in [0.1, 0.15) is 5.56 Å². The van der Waals surface area contributed by atoms with Crippen LogP contribution in [0.2, 0.25) is 0 Å². The summed E-state index contributed by atoms with van der Waals surface area (Å²) >= 11 is 0.162. The number of ether oxygens (including phenoxy) is 1. The molecule has 4 heteroatoms. The van der Waals surface area contributed by atoms with Crippen molar-refractivity contribution >= 4 is 18.0 Å². The first-order valence-electron chi connectivity index (χ1n) is 6.07. The first-order valence-corrected chi connectivity index (χ1v) is 6.75. The molecule has 0 saturated heterocycles. The molecular formula is C16H14FNOS. The van der Waals surface area contributed by atoms with Crippen LogP contribution in [0.5, 0.6) is 5.75 Å². The molecule has 20 heavy (non-hydrogen) atoms. The van der Waals surface area contributed by atoms with Crippen LogP contribution in [0.25, 0.3) is 0 Å². The van der Waals surface area contributed by atoms with E-state index in [-0.39, 0.29) is 12.3 Å². The summed E-state index contributed by atoms with van der Waals surface area (Å²) < 4.78 is 19.6. The third-order valence-corrected chi connectivity index (χ3v) is 3.18. The minimum atomic E-state index is 0.162. The van der Waals surface area contributed by atoms with E-state index in [4.69, 9.17) is 4.74 Å². The molecule has 0 aliphatic rings. The van der Waals surface area contributed by atoms with Crippen molar-refractivity contribution in [1.29, 1.82) is 0 Å². The van der Waals surface area contributed by atoms with E-state index in [1.54, 1.807) is 31.4 Å². The van der Waals surface area contributed by atoms with Crippen molar-refractivity contribution in [3.8, 4) is 17.6 Å². The van der Waals surface area contributed by atoms with E-state index >= 15 is 0 Å². The Hall–Kier alpha value is -2.12. The molecule has 0 aliphatic carbocycles. The Kier molecular flexibility index (Phi) is 5.33. The van der Waals surface area contributed by atoms with E-state index in [1.165, 1.54) is 4.31 Å². The zero-order valence-corrected chi connectivity index (χ0v) is 11.9. The predicted octanol–water partition coefficient (Wildman–Crippen LogP) is 4.09. The number of halogens is 1. The fourth-order valence-electron chi connectivity index (χ4n) is 1.64. The van der Waals surface area contributed by atoms with Crippen molar-refractivity contribution in [1.82, 2.24) is 0 Å². The predicted molar refractivity (Wildman–Crippen MR) is 82.4 cm³/mol. The van der Waals surface area contributed by atoms with Crippen molar-refractivity contribution < 1.29 is 8.62 Å². The molecule has 0 spiro atoms. The molecular weight excluding hydrogens is 273 g/mol. The smallest absolute Gasteiger partial charge is 0.166 e. The van der Waals surface area contributed by atoms with E-state index in [9.17, 15) is 3.89 Å². The van der Waals surface area contributed by atoms with Gasteiger partial charge in [0.2, 0.25) is 0 Å². The maximum absolute atomic E-state index is 13.0. The molecule has 0 N–H and O–H groups in total. The number of nitrogens with zero attached hydrogens (tertiary/aromatic N) is 1. The van der Waals surface area contributed by atoms with Crippen molar-refractivity contribution in [2.24, 2.45) is 0 Å². The Bertz CT molecular complexity index is 589. The highest BCUT2D eigenvalue weighted by molar-refractivity contribution is 7.95. The molecule has 2 aromatic carbocycles. The molecule has 0 unspecified atom stereocenters. The lowest BCUT2D eigenvalue weighted by Crippen LogP contribution is -2.12. The molecule has 0 fully saturated rings. The topological polar surface area (TPSA) is 12.5 Å². The average molecular weight is 287 g/mol. The standard InChI is InChI=1S/C16H14FNOS/c1-19-16-11-9-15(10-12-16)18(20-17)13-5-8-14-6-3-2-4-7-14/h2-4,6-7,9-12H,13H2,1H3. The van der Waals surface area contributed by atoms with Crippen LogP contribution in [0.3, 0.4) is 0 Å². The van der Waals surface area contributed by atoms with Crippen LogP contribution in [0.15, 0.2) is 54.6 Å². The summed E-state index contributed by atoms with van der Waals surface area (Å²) in [6.45, 7) is 0.308. The quantitative estimate of drug-likeness (QED) is 0.621. The average Bonchev–Trinajstić information content (AvgIpc) is 2.53. The van der Waals surface area contributed by atoms with Crippen LogP contribution in [-0.4, -0.2) is 13.7 Å². The second-order valence-electron chi connectivity index (χ2n) is 3.97. The Morgan fingerprint density at radius 2 is 1.80 bits per heavy atom. The Morgan fingerprint density at radius 1 is 1.10 bits per heavy atom. The summed E-state index contributed by atoms with van der Waals surface area (Å²) in [6, 6.07) is 16.8. The highest BCUT2D eigenvalue weighted by atomic mass is 32.2. The van der Waals surface area contributed by atoms with E-state index in [0.717, 1.165) is 17.0 Å². The zero-order chi connectivity index (χ0) is 14.2. The van der Waals surface area contributed by atoms with Gasteiger partial charge in [-0.25, -0.2) is 0 Å². The molecule has 0 aromatic heterocycles. The molecule has 2 nitrogen and oxygen atoms in total. The van der Waals surface area contributed by atoms with Gasteiger partial charge in [0.25, 0.3) is 0 Å². The van der Waals surface area contributed by atoms with E-state index in [0.29, 0.717) is 6.54 Å². The van der Waals surface area contributed by atoms with Crippen molar-refractivity contribution in [2.45, 2.75) is 0 Å². The molecule has 2 rings (SSSR count). The Labute approximate surface area is 123 Å². The summed E-state index contributed by atoms with van der Waals surface area (Å²) in [4.78, 5) is 0. The van der Waals surface area contributed by atoms with Gasteiger partial charge in [0.05, 0.1) is 19.3 Å². The monoisotopic (exact) mass is 287 g/mol. The summed E-state index contributed by atoms with van der Waals surface area (Å²) in [7, 11) is 1.60. The highest BCUT2D eigenvalue weighted by Gasteiger charge is 2.05. The molecule has 0 heterocycles. The summed E-state index contributed by atoms with van der Waals surface area (Å²) in [6.07, 6.45) is 0.